The fourth-order valence-corrected chi connectivity index (χ4v) is 4.50. The Hall–Kier alpha value is -2.29. The van der Waals surface area contributed by atoms with Gasteiger partial charge < -0.3 is 20.1 Å². The summed E-state index contributed by atoms with van der Waals surface area (Å²) in [6.45, 7) is 2.10. The summed E-state index contributed by atoms with van der Waals surface area (Å²) >= 11 is 1.50. The molecule has 0 radical (unpaired) electrons. The summed E-state index contributed by atoms with van der Waals surface area (Å²) in [4.78, 5) is 31.5. The Morgan fingerprint density at radius 2 is 2.10 bits per heavy atom. The van der Waals surface area contributed by atoms with E-state index in [1.165, 1.54) is 11.3 Å². The smallest absolute Gasteiger partial charge is 0.249 e. The predicted octanol–water partition coefficient (Wildman–Crippen LogP) is 2.65. The van der Waals surface area contributed by atoms with Crippen molar-refractivity contribution in [1.29, 1.82) is 0 Å². The first-order valence-corrected chi connectivity index (χ1v) is 10.8. The number of benzene rings is 1. The molecule has 2 aliphatic rings. The Morgan fingerprint density at radius 3 is 2.69 bits per heavy atom. The molecule has 1 saturated carbocycles. The number of hydrogen-bond donors (Lipinski definition) is 2. The number of amides is 2. The summed E-state index contributed by atoms with van der Waals surface area (Å²) in [5.41, 5.74) is 4.27. The standard InChI is InChI=1S/C21H25N3O4S/c1-13-18(29-12-22-13)9-24-17(10-25)20(28-11-19(24)26)14-5-7-16(8-6-14)23-21(27)15-3-2-4-15/h5-8,12,15,17,20,25H,2-4,9-11H2,1H3,(H,23,27). The molecule has 2 unspecified atom stereocenters. The largest absolute Gasteiger partial charge is 0.394 e. The molecule has 2 fully saturated rings. The Labute approximate surface area is 173 Å². The number of aliphatic hydroxyl groups is 1. The predicted molar refractivity (Wildman–Crippen MR) is 109 cm³/mol. The van der Waals surface area contributed by atoms with Gasteiger partial charge in [-0.1, -0.05) is 18.6 Å². The van der Waals surface area contributed by atoms with E-state index >= 15 is 0 Å². The number of rotatable bonds is 6. The van der Waals surface area contributed by atoms with Crippen molar-refractivity contribution in [2.24, 2.45) is 5.92 Å². The number of nitrogens with zero attached hydrogens (tertiary/aromatic N) is 2. The molecule has 7 nitrogen and oxygen atoms in total. The fraction of sp³-hybridized carbons (Fsp3) is 0.476. The molecule has 1 aliphatic heterocycles. The van der Waals surface area contributed by atoms with Gasteiger partial charge in [-0.15, -0.1) is 11.3 Å². The van der Waals surface area contributed by atoms with Gasteiger partial charge in [-0.25, -0.2) is 4.98 Å². The average molecular weight is 416 g/mol. The Bertz CT molecular complexity index is 878. The van der Waals surface area contributed by atoms with E-state index in [0.29, 0.717) is 6.54 Å². The lowest BCUT2D eigenvalue weighted by atomic mass is 9.85. The molecule has 2 N–H and O–H groups in total. The van der Waals surface area contributed by atoms with Gasteiger partial charge in [0.25, 0.3) is 0 Å². The Kier molecular flexibility index (Phi) is 5.94. The number of aryl methyl sites for hydroxylation is 1. The number of morpholine rings is 1. The van der Waals surface area contributed by atoms with Crippen LogP contribution in [0.25, 0.3) is 0 Å². The molecule has 2 atom stereocenters. The number of anilines is 1. The van der Waals surface area contributed by atoms with Crippen LogP contribution in [0.4, 0.5) is 5.69 Å². The normalized spacial score (nSPS) is 22.4. The second-order valence-corrected chi connectivity index (χ2v) is 8.54. The van der Waals surface area contributed by atoms with Crippen molar-refractivity contribution in [3.05, 3.63) is 45.9 Å². The van der Waals surface area contributed by atoms with Gasteiger partial charge in [-0.05, 0) is 37.5 Å². The molecule has 0 bridgehead atoms. The van der Waals surface area contributed by atoms with Crippen LogP contribution in [-0.4, -0.2) is 46.1 Å². The van der Waals surface area contributed by atoms with E-state index in [0.717, 1.165) is 41.1 Å². The lowest BCUT2D eigenvalue weighted by molar-refractivity contribution is -0.161. The SMILES string of the molecule is Cc1ncsc1CN1C(=O)COC(c2ccc(NC(=O)C3CCC3)cc2)C1CO. The van der Waals surface area contributed by atoms with Crippen molar-refractivity contribution >= 4 is 28.8 Å². The van der Waals surface area contributed by atoms with Crippen molar-refractivity contribution in [2.75, 3.05) is 18.5 Å². The Balaban J connectivity index is 1.48. The maximum absolute atomic E-state index is 12.5. The van der Waals surface area contributed by atoms with Gasteiger partial charge >= 0.3 is 0 Å². The van der Waals surface area contributed by atoms with Crippen LogP contribution in [-0.2, 0) is 20.9 Å². The van der Waals surface area contributed by atoms with Crippen LogP contribution in [0.15, 0.2) is 29.8 Å². The second-order valence-electron chi connectivity index (χ2n) is 7.60. The molecular formula is C21H25N3O4S. The van der Waals surface area contributed by atoms with Gasteiger partial charge in [-0.3, -0.25) is 9.59 Å². The molecule has 1 aliphatic carbocycles. The van der Waals surface area contributed by atoms with E-state index in [-0.39, 0.29) is 30.9 Å². The maximum atomic E-state index is 12.5. The van der Waals surface area contributed by atoms with Crippen LogP contribution < -0.4 is 5.32 Å². The minimum absolute atomic E-state index is 0.0286. The number of aliphatic hydroxyl groups excluding tert-OH is 1. The number of thiazole rings is 1. The Morgan fingerprint density at radius 1 is 1.34 bits per heavy atom. The zero-order valence-corrected chi connectivity index (χ0v) is 17.2. The number of nitrogens with one attached hydrogen (secondary N) is 1. The van der Waals surface area contributed by atoms with Crippen molar-refractivity contribution in [2.45, 2.75) is 44.9 Å². The molecule has 1 saturated heterocycles. The summed E-state index contributed by atoms with van der Waals surface area (Å²) in [6.07, 6.45) is 2.61. The highest BCUT2D eigenvalue weighted by Crippen LogP contribution is 2.32. The lowest BCUT2D eigenvalue weighted by Crippen LogP contribution is -2.52. The van der Waals surface area contributed by atoms with Crippen LogP contribution in [0.5, 0.6) is 0 Å². The number of hydrogen-bond acceptors (Lipinski definition) is 6. The quantitative estimate of drug-likeness (QED) is 0.757. The minimum Gasteiger partial charge on any atom is -0.394 e. The van der Waals surface area contributed by atoms with Gasteiger partial charge in [0.2, 0.25) is 11.8 Å². The van der Waals surface area contributed by atoms with Crippen molar-refractivity contribution in [3.8, 4) is 0 Å². The molecule has 2 aromatic rings. The molecule has 2 amide bonds. The van der Waals surface area contributed by atoms with E-state index in [4.69, 9.17) is 4.74 Å². The zero-order valence-electron chi connectivity index (χ0n) is 16.3. The van der Waals surface area contributed by atoms with Gasteiger partial charge in [0.1, 0.15) is 12.7 Å². The van der Waals surface area contributed by atoms with E-state index in [1.54, 1.807) is 10.4 Å². The second kappa shape index (κ2) is 8.61. The molecular weight excluding hydrogens is 390 g/mol. The number of ether oxygens (including phenoxy) is 1. The molecule has 4 rings (SSSR count). The van der Waals surface area contributed by atoms with Crippen LogP contribution in [0.1, 0.15) is 41.5 Å². The first-order chi connectivity index (χ1) is 14.1. The molecule has 2 heterocycles. The third kappa shape index (κ3) is 4.19. The van der Waals surface area contributed by atoms with Gasteiger partial charge in [0.15, 0.2) is 0 Å². The molecule has 8 heteroatoms. The zero-order chi connectivity index (χ0) is 20.4. The topological polar surface area (TPSA) is 91.8 Å². The number of carbonyl (C=O) groups excluding carboxylic acids is 2. The summed E-state index contributed by atoms with van der Waals surface area (Å²) in [7, 11) is 0. The monoisotopic (exact) mass is 415 g/mol. The van der Waals surface area contributed by atoms with Crippen molar-refractivity contribution in [3.63, 3.8) is 0 Å². The van der Waals surface area contributed by atoms with Crippen LogP contribution in [0.3, 0.4) is 0 Å². The highest BCUT2D eigenvalue weighted by atomic mass is 32.1. The third-order valence-corrected chi connectivity index (χ3v) is 6.70. The van der Waals surface area contributed by atoms with Gasteiger partial charge in [0, 0.05) is 16.5 Å². The molecule has 0 spiro atoms. The molecule has 1 aromatic heterocycles. The summed E-state index contributed by atoms with van der Waals surface area (Å²) < 4.78 is 5.79. The maximum Gasteiger partial charge on any atom is 0.249 e. The molecule has 154 valence electrons. The number of aromatic nitrogens is 1. The van der Waals surface area contributed by atoms with E-state index in [9.17, 15) is 14.7 Å². The van der Waals surface area contributed by atoms with E-state index < -0.39 is 12.1 Å². The summed E-state index contributed by atoms with van der Waals surface area (Å²) in [5.74, 6) is 0.0604. The van der Waals surface area contributed by atoms with Gasteiger partial charge in [0.05, 0.1) is 30.4 Å². The first kappa shape index (κ1) is 20.0. The third-order valence-electron chi connectivity index (χ3n) is 5.79. The van der Waals surface area contributed by atoms with Gasteiger partial charge in [-0.2, -0.15) is 0 Å². The average Bonchev–Trinajstić information content (AvgIpc) is 3.07. The van der Waals surface area contributed by atoms with E-state index in [1.807, 2.05) is 31.2 Å². The van der Waals surface area contributed by atoms with Crippen LogP contribution >= 0.6 is 11.3 Å². The first-order valence-electron chi connectivity index (χ1n) is 9.88. The van der Waals surface area contributed by atoms with E-state index in [2.05, 4.69) is 10.3 Å². The fourth-order valence-electron chi connectivity index (χ4n) is 3.73. The highest BCUT2D eigenvalue weighted by Gasteiger charge is 2.37. The van der Waals surface area contributed by atoms with Crippen molar-refractivity contribution < 1.29 is 19.4 Å². The van der Waals surface area contributed by atoms with Crippen LogP contribution in [0, 0.1) is 12.8 Å². The minimum atomic E-state index is -0.479. The summed E-state index contributed by atoms with van der Waals surface area (Å²) in [6, 6.07) is 6.98. The lowest BCUT2D eigenvalue weighted by Gasteiger charge is -2.40. The van der Waals surface area contributed by atoms with Crippen LogP contribution in [0.2, 0.25) is 0 Å². The molecule has 29 heavy (non-hydrogen) atoms. The highest BCUT2D eigenvalue weighted by molar-refractivity contribution is 7.09. The number of carbonyl (C=O) groups is 2. The van der Waals surface area contributed by atoms with Crippen molar-refractivity contribution in [1.82, 2.24) is 9.88 Å². The summed E-state index contributed by atoms with van der Waals surface area (Å²) in [5, 5.41) is 13.0. The molecule has 1 aromatic carbocycles.